The van der Waals surface area contributed by atoms with Crippen molar-refractivity contribution >= 4 is 15.9 Å². The van der Waals surface area contributed by atoms with Crippen molar-refractivity contribution in [3.63, 3.8) is 0 Å². The van der Waals surface area contributed by atoms with E-state index in [-0.39, 0.29) is 13.3 Å². The second-order valence-electron chi connectivity index (χ2n) is 5.82. The lowest BCUT2D eigenvalue weighted by molar-refractivity contribution is 0.174. The topological polar surface area (TPSA) is 67.9 Å². The molecule has 0 spiro atoms. The van der Waals surface area contributed by atoms with Crippen molar-refractivity contribution in [3.05, 3.63) is 53.6 Å². The first-order valence-electron chi connectivity index (χ1n) is 7.87. The van der Waals surface area contributed by atoms with Gasteiger partial charge in [0, 0.05) is 13.1 Å². The van der Waals surface area contributed by atoms with E-state index in [1.807, 2.05) is 30.3 Å². The van der Waals surface area contributed by atoms with Gasteiger partial charge in [-0.05, 0) is 42.2 Å². The molecule has 0 amide bonds. The van der Waals surface area contributed by atoms with Gasteiger partial charge in [-0.15, -0.1) is 0 Å². The summed E-state index contributed by atoms with van der Waals surface area (Å²) in [6.45, 7) is 0.903. The summed E-state index contributed by atoms with van der Waals surface area (Å²) in [5.41, 5.74) is 2.66. The summed E-state index contributed by atoms with van der Waals surface area (Å²) >= 11 is 0. The summed E-state index contributed by atoms with van der Waals surface area (Å²) in [5, 5.41) is 0. The fourth-order valence-electron chi connectivity index (χ4n) is 3.05. The van der Waals surface area contributed by atoms with Gasteiger partial charge in [0.1, 0.15) is 0 Å². The molecule has 2 aliphatic heterocycles. The Morgan fingerprint density at radius 2 is 1.92 bits per heavy atom. The molecule has 24 heavy (non-hydrogen) atoms. The van der Waals surface area contributed by atoms with Crippen LogP contribution in [0.1, 0.15) is 17.5 Å². The van der Waals surface area contributed by atoms with Crippen LogP contribution in [0.25, 0.3) is 0 Å². The predicted octanol–water partition coefficient (Wildman–Crippen LogP) is 2.20. The molecule has 2 aromatic rings. The zero-order valence-corrected chi connectivity index (χ0v) is 13.9. The highest BCUT2D eigenvalue weighted by Gasteiger charge is 2.27. The van der Waals surface area contributed by atoms with Crippen LogP contribution in [0.4, 0.5) is 5.69 Å². The molecule has 126 valence electrons. The third-order valence-corrected chi connectivity index (χ3v) is 5.72. The van der Waals surface area contributed by atoms with Crippen molar-refractivity contribution in [2.75, 3.05) is 17.6 Å². The first-order chi connectivity index (χ1) is 11.6. The number of benzene rings is 2. The number of fused-ring (bicyclic) bond motifs is 2. The molecule has 2 aromatic carbocycles. The second kappa shape index (κ2) is 5.99. The van der Waals surface area contributed by atoms with Gasteiger partial charge in [0.2, 0.25) is 6.79 Å². The van der Waals surface area contributed by atoms with E-state index in [0.29, 0.717) is 18.0 Å². The van der Waals surface area contributed by atoms with E-state index in [0.717, 1.165) is 29.7 Å². The SMILES string of the molecule is O=S(=O)(NCc1ccc2c(c1)OCO2)N1CCCc2ccccc21. The third kappa shape index (κ3) is 2.81. The van der Waals surface area contributed by atoms with Crippen LogP contribution in [-0.4, -0.2) is 21.8 Å². The Balaban J connectivity index is 1.52. The maximum Gasteiger partial charge on any atom is 0.301 e. The van der Waals surface area contributed by atoms with E-state index >= 15 is 0 Å². The average Bonchev–Trinajstić information content (AvgIpc) is 3.07. The van der Waals surface area contributed by atoms with Crippen LogP contribution in [0.5, 0.6) is 11.5 Å². The van der Waals surface area contributed by atoms with E-state index in [1.54, 1.807) is 12.1 Å². The van der Waals surface area contributed by atoms with Crippen LogP contribution in [0.2, 0.25) is 0 Å². The lowest BCUT2D eigenvalue weighted by atomic mass is 10.0. The van der Waals surface area contributed by atoms with Gasteiger partial charge < -0.3 is 9.47 Å². The number of nitrogens with zero attached hydrogens (tertiary/aromatic N) is 1. The Hall–Kier alpha value is -2.25. The lowest BCUT2D eigenvalue weighted by Crippen LogP contribution is -2.43. The first-order valence-corrected chi connectivity index (χ1v) is 9.31. The minimum absolute atomic E-state index is 0.203. The summed E-state index contributed by atoms with van der Waals surface area (Å²) in [5.74, 6) is 1.33. The highest BCUT2D eigenvalue weighted by atomic mass is 32.2. The minimum Gasteiger partial charge on any atom is -0.454 e. The van der Waals surface area contributed by atoms with Gasteiger partial charge in [-0.1, -0.05) is 24.3 Å². The molecular formula is C17H18N2O4S. The van der Waals surface area contributed by atoms with Gasteiger partial charge in [-0.3, -0.25) is 4.31 Å². The Labute approximate surface area is 141 Å². The standard InChI is InChI=1S/C17H18N2O4S/c20-24(21,19-9-3-5-14-4-1-2-6-15(14)19)18-11-13-7-8-16-17(10-13)23-12-22-16/h1-2,4,6-8,10,18H,3,5,9,11-12H2. The van der Waals surface area contributed by atoms with Crippen molar-refractivity contribution < 1.29 is 17.9 Å². The molecule has 2 aliphatic rings. The van der Waals surface area contributed by atoms with Gasteiger partial charge in [0.05, 0.1) is 5.69 Å². The number of rotatable bonds is 4. The summed E-state index contributed by atoms with van der Waals surface area (Å²) in [4.78, 5) is 0. The summed E-state index contributed by atoms with van der Waals surface area (Å²) in [7, 11) is -3.60. The largest absolute Gasteiger partial charge is 0.454 e. The molecular weight excluding hydrogens is 328 g/mol. The Morgan fingerprint density at radius 3 is 2.83 bits per heavy atom. The maximum absolute atomic E-state index is 12.7. The van der Waals surface area contributed by atoms with E-state index in [4.69, 9.17) is 9.47 Å². The molecule has 0 fully saturated rings. The average molecular weight is 346 g/mol. The number of hydrogen-bond acceptors (Lipinski definition) is 4. The molecule has 0 atom stereocenters. The van der Waals surface area contributed by atoms with Gasteiger partial charge in [-0.2, -0.15) is 13.1 Å². The zero-order chi connectivity index (χ0) is 16.6. The molecule has 0 saturated carbocycles. The number of aryl methyl sites for hydroxylation is 1. The Bertz CT molecular complexity index is 867. The lowest BCUT2D eigenvalue weighted by Gasteiger charge is -2.30. The molecule has 0 aliphatic carbocycles. The number of ether oxygens (including phenoxy) is 2. The number of anilines is 1. The van der Waals surface area contributed by atoms with E-state index < -0.39 is 10.2 Å². The Morgan fingerprint density at radius 1 is 1.08 bits per heavy atom. The fraction of sp³-hybridized carbons (Fsp3) is 0.294. The van der Waals surface area contributed by atoms with Crippen molar-refractivity contribution in [2.45, 2.75) is 19.4 Å². The summed E-state index contributed by atoms with van der Waals surface area (Å²) in [6, 6.07) is 13.1. The van der Waals surface area contributed by atoms with Crippen molar-refractivity contribution in [3.8, 4) is 11.5 Å². The van der Waals surface area contributed by atoms with Crippen molar-refractivity contribution in [1.29, 1.82) is 0 Å². The molecule has 0 bridgehead atoms. The molecule has 2 heterocycles. The van der Waals surface area contributed by atoms with E-state index in [2.05, 4.69) is 4.72 Å². The number of nitrogens with one attached hydrogen (secondary N) is 1. The number of hydrogen-bond donors (Lipinski definition) is 1. The van der Waals surface area contributed by atoms with Crippen LogP contribution in [0.3, 0.4) is 0 Å². The predicted molar refractivity (Wildman–Crippen MR) is 90.4 cm³/mol. The van der Waals surface area contributed by atoms with Crippen molar-refractivity contribution in [1.82, 2.24) is 4.72 Å². The van der Waals surface area contributed by atoms with Crippen LogP contribution in [0.15, 0.2) is 42.5 Å². The fourth-order valence-corrected chi connectivity index (χ4v) is 4.36. The van der Waals surface area contributed by atoms with Crippen LogP contribution in [0, 0.1) is 0 Å². The quantitative estimate of drug-likeness (QED) is 0.922. The first kappa shape index (κ1) is 15.3. The smallest absolute Gasteiger partial charge is 0.301 e. The third-order valence-electron chi connectivity index (χ3n) is 4.25. The van der Waals surface area contributed by atoms with Gasteiger partial charge in [0.15, 0.2) is 11.5 Å². The van der Waals surface area contributed by atoms with Crippen LogP contribution in [-0.2, 0) is 23.2 Å². The Kier molecular flexibility index (Phi) is 3.82. The van der Waals surface area contributed by atoms with Crippen molar-refractivity contribution in [2.24, 2.45) is 0 Å². The van der Waals surface area contributed by atoms with E-state index in [9.17, 15) is 8.42 Å². The highest BCUT2D eigenvalue weighted by molar-refractivity contribution is 7.90. The molecule has 0 radical (unpaired) electrons. The normalized spacial score (nSPS) is 16.1. The number of para-hydroxylation sites is 1. The maximum atomic E-state index is 12.7. The van der Waals surface area contributed by atoms with Crippen LogP contribution < -0.4 is 18.5 Å². The van der Waals surface area contributed by atoms with Gasteiger partial charge in [-0.25, -0.2) is 0 Å². The van der Waals surface area contributed by atoms with E-state index in [1.165, 1.54) is 4.31 Å². The molecule has 0 saturated heterocycles. The highest BCUT2D eigenvalue weighted by Crippen LogP contribution is 2.33. The molecule has 0 unspecified atom stereocenters. The molecule has 1 N–H and O–H groups in total. The van der Waals surface area contributed by atoms with Gasteiger partial charge in [0.25, 0.3) is 0 Å². The molecule has 4 rings (SSSR count). The monoisotopic (exact) mass is 346 g/mol. The van der Waals surface area contributed by atoms with Gasteiger partial charge >= 0.3 is 10.2 Å². The van der Waals surface area contributed by atoms with Crippen LogP contribution >= 0.6 is 0 Å². The molecule has 0 aromatic heterocycles. The summed E-state index contributed by atoms with van der Waals surface area (Å²) < 4.78 is 40.2. The summed E-state index contributed by atoms with van der Waals surface area (Å²) in [6.07, 6.45) is 1.73. The zero-order valence-electron chi connectivity index (χ0n) is 13.1. The second-order valence-corrected chi connectivity index (χ2v) is 7.50. The molecule has 6 nitrogen and oxygen atoms in total. The molecule has 7 heteroatoms. The minimum atomic E-state index is -3.60.